The molecule has 4 aromatic rings. The van der Waals surface area contributed by atoms with Crippen LogP contribution in [0, 0.1) is 5.82 Å². The topological polar surface area (TPSA) is 58.0 Å². The van der Waals surface area contributed by atoms with Crippen LogP contribution in [0.3, 0.4) is 0 Å². The molecule has 104 valence electrons. The van der Waals surface area contributed by atoms with E-state index in [0.29, 0.717) is 17.4 Å². The van der Waals surface area contributed by atoms with Crippen LogP contribution in [0.2, 0.25) is 0 Å². The van der Waals surface area contributed by atoms with Gasteiger partial charge < -0.3 is 5.32 Å². The molecule has 0 aliphatic carbocycles. The summed E-state index contributed by atoms with van der Waals surface area (Å²) in [6, 6.07) is 12.0. The first-order valence-electron chi connectivity index (χ1n) is 6.25. The molecule has 4 rings (SSSR count). The van der Waals surface area contributed by atoms with Crippen molar-refractivity contribution in [1.29, 1.82) is 0 Å². The number of hydrogen-bond donors (Lipinski definition) is 2. The Labute approximate surface area is 126 Å². The van der Waals surface area contributed by atoms with Crippen LogP contribution >= 0.6 is 15.9 Å². The molecule has 5 nitrogen and oxygen atoms in total. The third-order valence-electron chi connectivity index (χ3n) is 3.12. The van der Waals surface area contributed by atoms with Gasteiger partial charge in [0.2, 0.25) is 5.95 Å². The minimum atomic E-state index is -0.299. The zero-order valence-corrected chi connectivity index (χ0v) is 12.2. The average molecular weight is 346 g/mol. The van der Waals surface area contributed by atoms with Crippen molar-refractivity contribution in [3.8, 4) is 0 Å². The van der Waals surface area contributed by atoms with Crippen LogP contribution < -0.4 is 5.32 Å². The summed E-state index contributed by atoms with van der Waals surface area (Å²) in [5.74, 6) is 0.765. The largest absolute Gasteiger partial charge is 0.324 e. The van der Waals surface area contributed by atoms with Gasteiger partial charge in [0.15, 0.2) is 0 Å². The number of halogens is 2. The van der Waals surface area contributed by atoms with Crippen molar-refractivity contribution >= 4 is 44.4 Å². The average Bonchev–Trinajstić information content (AvgIpc) is 2.95. The molecule has 0 amide bonds. The van der Waals surface area contributed by atoms with Crippen LogP contribution in [0.25, 0.3) is 16.8 Å². The smallest absolute Gasteiger partial charge is 0.253 e. The predicted molar refractivity (Wildman–Crippen MR) is 82.2 cm³/mol. The van der Waals surface area contributed by atoms with E-state index in [2.05, 4.69) is 36.3 Å². The molecule has 0 unspecified atom stereocenters. The zero-order valence-electron chi connectivity index (χ0n) is 10.6. The highest BCUT2D eigenvalue weighted by molar-refractivity contribution is 9.10. The van der Waals surface area contributed by atoms with Gasteiger partial charge in [-0.2, -0.15) is 4.98 Å². The summed E-state index contributed by atoms with van der Waals surface area (Å²) >= 11 is 3.42. The maximum absolute atomic E-state index is 13.2. The predicted octanol–water partition coefficient (Wildman–Crippen LogP) is 3.86. The minimum absolute atomic E-state index is 0.299. The molecule has 2 aromatic heterocycles. The SMILES string of the molecule is Fc1cccc(Nc2nc3nc4cc(Br)ccc4n3[nH]2)c1. The Morgan fingerprint density at radius 3 is 2.90 bits per heavy atom. The molecule has 0 atom stereocenters. The van der Waals surface area contributed by atoms with Crippen molar-refractivity contribution in [2.45, 2.75) is 0 Å². The summed E-state index contributed by atoms with van der Waals surface area (Å²) in [6.45, 7) is 0. The minimum Gasteiger partial charge on any atom is -0.324 e. The van der Waals surface area contributed by atoms with Gasteiger partial charge in [-0.05, 0) is 36.4 Å². The van der Waals surface area contributed by atoms with Crippen LogP contribution in [0.1, 0.15) is 0 Å². The van der Waals surface area contributed by atoms with Gasteiger partial charge in [-0.15, -0.1) is 0 Å². The lowest BCUT2D eigenvalue weighted by Crippen LogP contribution is -1.94. The fourth-order valence-electron chi connectivity index (χ4n) is 2.22. The Kier molecular flexibility index (Phi) is 2.68. The molecule has 0 aliphatic heterocycles. The van der Waals surface area contributed by atoms with E-state index in [9.17, 15) is 4.39 Å². The highest BCUT2D eigenvalue weighted by atomic mass is 79.9. The van der Waals surface area contributed by atoms with Gasteiger partial charge in [-0.3, -0.25) is 5.10 Å². The normalized spacial score (nSPS) is 11.3. The molecule has 0 spiro atoms. The Hall–Kier alpha value is -2.41. The number of H-pyrrole nitrogens is 1. The number of aromatic amines is 1. The molecule has 0 fully saturated rings. The lowest BCUT2D eigenvalue weighted by molar-refractivity contribution is 0.628. The molecular weight excluding hydrogens is 337 g/mol. The van der Waals surface area contributed by atoms with Gasteiger partial charge in [-0.1, -0.05) is 22.0 Å². The second kappa shape index (κ2) is 4.56. The summed E-state index contributed by atoms with van der Waals surface area (Å²) in [5.41, 5.74) is 2.40. The standard InChI is InChI=1S/C14H9BrFN5/c15-8-4-5-12-11(6-8)18-14-19-13(20-21(12)14)17-10-3-1-2-9(16)7-10/h1-7H,(H2,17,18,19,20). The summed E-state index contributed by atoms with van der Waals surface area (Å²) in [4.78, 5) is 8.78. The lowest BCUT2D eigenvalue weighted by atomic mass is 10.3. The number of anilines is 2. The number of nitrogens with one attached hydrogen (secondary N) is 2. The first-order valence-corrected chi connectivity index (χ1v) is 7.05. The summed E-state index contributed by atoms with van der Waals surface area (Å²) in [7, 11) is 0. The van der Waals surface area contributed by atoms with E-state index in [4.69, 9.17) is 0 Å². The second-order valence-electron chi connectivity index (χ2n) is 4.59. The Morgan fingerprint density at radius 2 is 2.05 bits per heavy atom. The molecule has 2 heterocycles. The van der Waals surface area contributed by atoms with Gasteiger partial charge in [0, 0.05) is 10.2 Å². The van der Waals surface area contributed by atoms with Gasteiger partial charge in [0.05, 0.1) is 11.0 Å². The number of fused-ring (bicyclic) bond motifs is 3. The van der Waals surface area contributed by atoms with Crippen molar-refractivity contribution in [1.82, 2.24) is 19.6 Å². The van der Waals surface area contributed by atoms with E-state index < -0.39 is 0 Å². The van der Waals surface area contributed by atoms with E-state index >= 15 is 0 Å². The van der Waals surface area contributed by atoms with Crippen molar-refractivity contribution in [3.05, 3.63) is 52.8 Å². The highest BCUT2D eigenvalue weighted by Gasteiger charge is 2.10. The van der Waals surface area contributed by atoms with Crippen LogP contribution in [0.4, 0.5) is 16.0 Å². The van der Waals surface area contributed by atoms with Crippen LogP contribution in [-0.2, 0) is 0 Å². The van der Waals surface area contributed by atoms with E-state index in [0.717, 1.165) is 15.5 Å². The van der Waals surface area contributed by atoms with Gasteiger partial charge in [-0.25, -0.2) is 13.9 Å². The van der Waals surface area contributed by atoms with Crippen molar-refractivity contribution in [2.75, 3.05) is 5.32 Å². The highest BCUT2D eigenvalue weighted by Crippen LogP contribution is 2.22. The van der Waals surface area contributed by atoms with E-state index in [1.54, 1.807) is 16.6 Å². The molecule has 0 aliphatic rings. The third-order valence-corrected chi connectivity index (χ3v) is 3.61. The molecule has 0 bridgehead atoms. The molecule has 0 saturated carbocycles. The number of hydrogen-bond acceptors (Lipinski definition) is 3. The number of benzene rings is 2. The third kappa shape index (κ3) is 2.15. The summed E-state index contributed by atoms with van der Waals surface area (Å²) < 4.78 is 15.9. The molecular formula is C14H9BrFN5. The van der Waals surface area contributed by atoms with Crippen LogP contribution in [0.5, 0.6) is 0 Å². The maximum atomic E-state index is 13.2. The Morgan fingerprint density at radius 1 is 1.14 bits per heavy atom. The first-order chi connectivity index (χ1) is 10.2. The lowest BCUT2D eigenvalue weighted by Gasteiger charge is -2.01. The monoisotopic (exact) mass is 345 g/mol. The summed E-state index contributed by atoms with van der Waals surface area (Å²) in [5, 5.41) is 6.12. The zero-order chi connectivity index (χ0) is 14.4. The maximum Gasteiger partial charge on any atom is 0.253 e. The number of aromatic nitrogens is 4. The van der Waals surface area contributed by atoms with Crippen molar-refractivity contribution in [2.24, 2.45) is 0 Å². The molecule has 0 radical (unpaired) electrons. The number of rotatable bonds is 2. The fourth-order valence-corrected chi connectivity index (χ4v) is 2.56. The fraction of sp³-hybridized carbons (Fsp3) is 0. The quantitative estimate of drug-likeness (QED) is 0.580. The van der Waals surface area contributed by atoms with Crippen molar-refractivity contribution in [3.63, 3.8) is 0 Å². The van der Waals surface area contributed by atoms with E-state index in [-0.39, 0.29) is 5.82 Å². The molecule has 21 heavy (non-hydrogen) atoms. The summed E-state index contributed by atoms with van der Waals surface area (Å²) in [6.07, 6.45) is 0. The van der Waals surface area contributed by atoms with E-state index in [1.165, 1.54) is 12.1 Å². The molecule has 7 heteroatoms. The Bertz CT molecular complexity index is 958. The molecule has 2 aromatic carbocycles. The van der Waals surface area contributed by atoms with Gasteiger partial charge >= 0.3 is 0 Å². The number of imidazole rings is 1. The second-order valence-corrected chi connectivity index (χ2v) is 5.50. The van der Waals surface area contributed by atoms with Gasteiger partial charge in [0.1, 0.15) is 5.82 Å². The van der Waals surface area contributed by atoms with E-state index in [1.807, 2.05) is 18.2 Å². The molecule has 2 N–H and O–H groups in total. The van der Waals surface area contributed by atoms with Crippen LogP contribution in [-0.4, -0.2) is 19.6 Å². The Balaban J connectivity index is 1.77. The number of nitrogens with zero attached hydrogens (tertiary/aromatic N) is 3. The van der Waals surface area contributed by atoms with Crippen LogP contribution in [0.15, 0.2) is 46.9 Å². The van der Waals surface area contributed by atoms with Gasteiger partial charge in [0.25, 0.3) is 5.78 Å². The molecule has 0 saturated heterocycles. The van der Waals surface area contributed by atoms with Crippen molar-refractivity contribution < 1.29 is 4.39 Å². The first kappa shape index (κ1) is 12.3.